The van der Waals surface area contributed by atoms with E-state index in [0.29, 0.717) is 13.2 Å². The first-order valence-electron chi connectivity index (χ1n) is 6.53. The summed E-state index contributed by atoms with van der Waals surface area (Å²) < 4.78 is 28.4. The van der Waals surface area contributed by atoms with E-state index in [2.05, 4.69) is 13.8 Å². The molecule has 0 aliphatic rings. The zero-order valence-electron chi connectivity index (χ0n) is 11.6. The van der Waals surface area contributed by atoms with Gasteiger partial charge in [-0.3, -0.25) is 4.57 Å². The third-order valence-corrected chi connectivity index (χ3v) is 3.75. The van der Waals surface area contributed by atoms with Gasteiger partial charge in [0.1, 0.15) is 6.35 Å². The molecule has 17 heavy (non-hydrogen) atoms. The van der Waals surface area contributed by atoms with E-state index >= 15 is 0 Å². The molecule has 0 spiro atoms. The first-order valence-corrected chi connectivity index (χ1v) is 8.26. The first-order chi connectivity index (χ1) is 8.04. The molecule has 5 heteroatoms. The molecule has 4 nitrogen and oxygen atoms in total. The maximum atomic E-state index is 12.3. The molecule has 0 radical (unpaired) electrons. The molecule has 0 aromatic rings. The summed E-state index contributed by atoms with van der Waals surface area (Å²) in [4.78, 5) is 0. The fraction of sp³-hybridized carbons (Fsp3) is 1.00. The van der Waals surface area contributed by atoms with E-state index < -0.39 is 7.60 Å². The van der Waals surface area contributed by atoms with Crippen molar-refractivity contribution < 1.29 is 18.3 Å². The van der Waals surface area contributed by atoms with Crippen molar-refractivity contribution in [1.29, 1.82) is 0 Å². The van der Waals surface area contributed by atoms with Gasteiger partial charge < -0.3 is 13.8 Å². The monoisotopic (exact) mass is 266 g/mol. The van der Waals surface area contributed by atoms with Gasteiger partial charge >= 0.3 is 7.60 Å². The number of unbranched alkanes of at least 4 members (excludes halogenated alkanes) is 2. The molecule has 0 heterocycles. The van der Waals surface area contributed by atoms with Gasteiger partial charge in [0.25, 0.3) is 0 Å². The van der Waals surface area contributed by atoms with E-state index in [-0.39, 0.29) is 12.5 Å². The highest BCUT2D eigenvalue weighted by molar-refractivity contribution is 7.53. The van der Waals surface area contributed by atoms with Gasteiger partial charge in [0.15, 0.2) is 0 Å². The predicted molar refractivity (Wildman–Crippen MR) is 70.4 cm³/mol. The number of hydrogen-bond acceptors (Lipinski definition) is 4. The lowest BCUT2D eigenvalue weighted by Gasteiger charge is -2.19. The van der Waals surface area contributed by atoms with Crippen molar-refractivity contribution in [3.63, 3.8) is 0 Å². The van der Waals surface area contributed by atoms with Crippen molar-refractivity contribution in [3.8, 4) is 0 Å². The zero-order chi connectivity index (χ0) is 13.1. The molecule has 0 aromatic heterocycles. The van der Waals surface area contributed by atoms with Gasteiger partial charge in [-0.15, -0.1) is 0 Å². The normalized spacial score (nSPS) is 12.3. The molecule has 0 aliphatic heterocycles. The predicted octanol–water partition coefficient (Wildman–Crippen LogP) is 4.20. The van der Waals surface area contributed by atoms with Crippen LogP contribution in [-0.4, -0.2) is 25.7 Å². The molecule has 0 saturated heterocycles. The van der Waals surface area contributed by atoms with Crippen LogP contribution in [0, 0.1) is 0 Å². The molecule has 0 N–H and O–H groups in total. The molecule has 104 valence electrons. The minimum atomic E-state index is -3.05. The van der Waals surface area contributed by atoms with Gasteiger partial charge in [-0.2, -0.15) is 0 Å². The Labute approximate surface area is 106 Å². The van der Waals surface area contributed by atoms with E-state index in [1.54, 1.807) is 0 Å². The number of hydrogen-bond donors (Lipinski definition) is 0. The molecule has 0 aromatic carbocycles. The van der Waals surface area contributed by atoms with E-state index in [0.717, 1.165) is 25.7 Å². The molecular formula is C12H27O4P. The number of rotatable bonds is 11. The fourth-order valence-corrected chi connectivity index (χ4v) is 2.57. The van der Waals surface area contributed by atoms with Crippen molar-refractivity contribution in [2.24, 2.45) is 0 Å². The summed E-state index contributed by atoms with van der Waals surface area (Å²) in [5.41, 5.74) is 0. The van der Waals surface area contributed by atoms with Crippen molar-refractivity contribution in [1.82, 2.24) is 0 Å². The Balaban J connectivity index is 4.09. The largest absolute Gasteiger partial charge is 0.366 e. The second-order valence-electron chi connectivity index (χ2n) is 4.33. The zero-order valence-corrected chi connectivity index (χ0v) is 12.5. The van der Waals surface area contributed by atoms with Gasteiger partial charge in [-0.05, 0) is 26.7 Å². The Kier molecular flexibility index (Phi) is 10.1. The van der Waals surface area contributed by atoms with Crippen LogP contribution < -0.4 is 0 Å². The Hall–Kier alpha value is 0.110. The molecule has 0 amide bonds. The van der Waals surface area contributed by atoms with Crippen LogP contribution in [0.4, 0.5) is 0 Å². The van der Waals surface area contributed by atoms with Crippen molar-refractivity contribution in [2.45, 2.75) is 59.5 Å². The summed E-state index contributed by atoms with van der Waals surface area (Å²) >= 11 is 0. The SMILES string of the molecule is CCCCOP(=O)(COC(C)C)OCCCC. The van der Waals surface area contributed by atoms with Crippen LogP contribution in [0.3, 0.4) is 0 Å². The summed E-state index contributed by atoms with van der Waals surface area (Å²) in [5.74, 6) is 0. The Morgan fingerprint density at radius 3 is 1.82 bits per heavy atom. The first kappa shape index (κ1) is 17.1. The van der Waals surface area contributed by atoms with Crippen molar-refractivity contribution in [3.05, 3.63) is 0 Å². The van der Waals surface area contributed by atoms with Crippen LogP contribution in [-0.2, 0) is 18.3 Å². The lowest BCUT2D eigenvalue weighted by Crippen LogP contribution is -2.09. The maximum Gasteiger partial charge on any atom is 0.356 e. The van der Waals surface area contributed by atoms with Gasteiger partial charge in [0.2, 0.25) is 0 Å². The van der Waals surface area contributed by atoms with Crippen LogP contribution >= 0.6 is 7.60 Å². The summed E-state index contributed by atoms with van der Waals surface area (Å²) in [7, 11) is -3.05. The Morgan fingerprint density at radius 1 is 1.00 bits per heavy atom. The highest BCUT2D eigenvalue weighted by Gasteiger charge is 2.25. The highest BCUT2D eigenvalue weighted by atomic mass is 31.2. The van der Waals surface area contributed by atoms with Crippen LogP contribution in [0.15, 0.2) is 0 Å². The highest BCUT2D eigenvalue weighted by Crippen LogP contribution is 2.48. The summed E-state index contributed by atoms with van der Waals surface area (Å²) in [6.45, 7) is 8.89. The third kappa shape index (κ3) is 9.78. The van der Waals surface area contributed by atoms with Gasteiger partial charge in [-0.25, -0.2) is 0 Å². The second kappa shape index (κ2) is 10.1. The van der Waals surface area contributed by atoms with Crippen LogP contribution in [0.2, 0.25) is 0 Å². The van der Waals surface area contributed by atoms with Gasteiger partial charge in [0, 0.05) is 0 Å². The Morgan fingerprint density at radius 2 is 1.47 bits per heavy atom. The van der Waals surface area contributed by atoms with Crippen molar-refractivity contribution >= 4 is 7.60 Å². The number of ether oxygens (including phenoxy) is 1. The third-order valence-electron chi connectivity index (χ3n) is 2.14. The van der Waals surface area contributed by atoms with Crippen LogP contribution in [0.5, 0.6) is 0 Å². The average molecular weight is 266 g/mol. The lowest BCUT2D eigenvalue weighted by atomic mass is 10.4. The minimum Gasteiger partial charge on any atom is -0.366 e. The smallest absolute Gasteiger partial charge is 0.356 e. The van der Waals surface area contributed by atoms with E-state index in [9.17, 15) is 4.57 Å². The average Bonchev–Trinajstić information content (AvgIpc) is 2.27. The fourth-order valence-electron chi connectivity index (χ4n) is 1.05. The van der Waals surface area contributed by atoms with Crippen molar-refractivity contribution in [2.75, 3.05) is 19.6 Å². The molecule has 0 bridgehead atoms. The molecule has 0 atom stereocenters. The topological polar surface area (TPSA) is 44.8 Å². The van der Waals surface area contributed by atoms with E-state index in [1.165, 1.54) is 0 Å². The quantitative estimate of drug-likeness (QED) is 0.415. The molecular weight excluding hydrogens is 239 g/mol. The Bertz CT molecular complexity index is 205. The maximum absolute atomic E-state index is 12.3. The van der Waals surface area contributed by atoms with Gasteiger partial charge in [0.05, 0.1) is 19.3 Å². The second-order valence-corrected chi connectivity index (χ2v) is 6.33. The summed E-state index contributed by atoms with van der Waals surface area (Å²) in [6.07, 6.45) is 3.90. The van der Waals surface area contributed by atoms with Gasteiger partial charge in [-0.1, -0.05) is 26.7 Å². The molecule has 0 unspecified atom stereocenters. The standard InChI is InChI=1S/C12H27O4P/c1-5-7-9-15-17(13,11-14-12(3)4)16-10-8-6-2/h12H,5-11H2,1-4H3. The van der Waals surface area contributed by atoms with E-state index in [1.807, 2.05) is 13.8 Å². The minimum absolute atomic E-state index is 0.0351. The molecule has 0 fully saturated rings. The molecule has 0 rings (SSSR count). The summed E-state index contributed by atoms with van der Waals surface area (Å²) in [5, 5.41) is 0. The molecule has 0 saturated carbocycles. The lowest BCUT2D eigenvalue weighted by molar-refractivity contribution is 0.0861. The molecule has 0 aliphatic carbocycles. The van der Waals surface area contributed by atoms with E-state index in [4.69, 9.17) is 13.8 Å². The van der Waals surface area contributed by atoms with Crippen LogP contribution in [0.25, 0.3) is 0 Å². The summed E-state index contributed by atoms with van der Waals surface area (Å²) in [6, 6.07) is 0. The van der Waals surface area contributed by atoms with Crippen LogP contribution in [0.1, 0.15) is 53.4 Å².